The second kappa shape index (κ2) is 9.28. The van der Waals surface area contributed by atoms with Crippen LogP contribution in [0.1, 0.15) is 44.7 Å². The molecule has 0 N–H and O–H groups in total. The SMILES string of the molecule is CC.CC[C-]=C1CCc2ccccc2C1=NC.[W]. The number of allylic oxidation sites excluding steroid dienone is 2. The largest absolute Gasteiger partial charge is 0.382 e. The first kappa shape index (κ1) is 17.3. The Balaban J connectivity index is 0.000000917. The smallest absolute Gasteiger partial charge is 0.00755 e. The molecule has 18 heavy (non-hydrogen) atoms. The van der Waals surface area contributed by atoms with Gasteiger partial charge in [0.25, 0.3) is 0 Å². The van der Waals surface area contributed by atoms with Gasteiger partial charge >= 0.3 is 0 Å². The third kappa shape index (κ3) is 3.92. The Morgan fingerprint density at radius 1 is 1.17 bits per heavy atom. The average Bonchev–Trinajstić information content (AvgIpc) is 2.41. The maximum atomic E-state index is 4.41. The first-order chi connectivity index (χ1) is 8.36. The topological polar surface area (TPSA) is 12.4 Å². The number of fused-ring (bicyclic) bond motifs is 1. The Kier molecular flexibility index (Phi) is 8.92. The molecular formula is C16H22NW-. The van der Waals surface area contributed by atoms with Crippen LogP contribution in [0.2, 0.25) is 0 Å². The van der Waals surface area contributed by atoms with Crippen molar-refractivity contribution in [3.8, 4) is 0 Å². The van der Waals surface area contributed by atoms with Gasteiger partial charge in [0.2, 0.25) is 0 Å². The Morgan fingerprint density at radius 2 is 1.83 bits per heavy atom. The standard InChI is InChI=1S/C14H16N.C2H6.W/c1-3-6-12-10-9-11-7-4-5-8-13(11)14(12)15-2;1-2;/h4-5,7-8H,3,9-10H2,1-2H3;1-2H3;/q-1;;. The molecule has 1 aromatic carbocycles. The third-order valence-corrected chi connectivity index (χ3v) is 2.82. The van der Waals surface area contributed by atoms with Crippen LogP contribution in [0.5, 0.6) is 0 Å². The number of benzene rings is 1. The second-order valence-corrected chi connectivity index (χ2v) is 3.74. The Labute approximate surface area is 126 Å². The van der Waals surface area contributed by atoms with Gasteiger partial charge < -0.3 is 4.99 Å². The Bertz CT molecular complexity index is 419. The second-order valence-electron chi connectivity index (χ2n) is 3.74. The van der Waals surface area contributed by atoms with Crippen LogP contribution < -0.4 is 0 Å². The van der Waals surface area contributed by atoms with E-state index in [0.29, 0.717) is 0 Å². The number of hydrogen-bond donors (Lipinski definition) is 0. The van der Waals surface area contributed by atoms with Crippen LogP contribution in [0.25, 0.3) is 0 Å². The molecule has 1 nitrogen and oxygen atoms in total. The molecule has 0 saturated heterocycles. The summed E-state index contributed by atoms with van der Waals surface area (Å²) >= 11 is 0. The van der Waals surface area contributed by atoms with Gasteiger partial charge in [-0.2, -0.15) is 5.57 Å². The summed E-state index contributed by atoms with van der Waals surface area (Å²) in [5.41, 5.74) is 5.14. The first-order valence-electron chi connectivity index (χ1n) is 6.52. The molecule has 98 valence electrons. The summed E-state index contributed by atoms with van der Waals surface area (Å²) < 4.78 is 0. The van der Waals surface area contributed by atoms with E-state index >= 15 is 0 Å². The van der Waals surface area contributed by atoms with Crippen molar-refractivity contribution < 1.29 is 21.1 Å². The molecule has 0 aromatic heterocycles. The molecule has 0 amide bonds. The van der Waals surface area contributed by atoms with Gasteiger partial charge in [-0.25, -0.2) is 0 Å². The zero-order valence-corrected chi connectivity index (χ0v) is 14.7. The van der Waals surface area contributed by atoms with Crippen molar-refractivity contribution in [3.63, 3.8) is 0 Å². The summed E-state index contributed by atoms with van der Waals surface area (Å²) in [4.78, 5) is 4.41. The van der Waals surface area contributed by atoms with E-state index in [-0.39, 0.29) is 21.1 Å². The predicted molar refractivity (Wildman–Crippen MR) is 75.6 cm³/mol. The van der Waals surface area contributed by atoms with Gasteiger partial charge in [0.05, 0.1) is 0 Å². The first-order valence-corrected chi connectivity index (χ1v) is 6.52. The predicted octanol–water partition coefficient (Wildman–Crippen LogP) is 4.21. The van der Waals surface area contributed by atoms with Gasteiger partial charge in [0.15, 0.2) is 0 Å². The molecule has 2 rings (SSSR count). The molecule has 0 fully saturated rings. The van der Waals surface area contributed by atoms with Crippen molar-refractivity contribution in [2.75, 3.05) is 7.05 Å². The van der Waals surface area contributed by atoms with Gasteiger partial charge in [-0.1, -0.05) is 68.3 Å². The van der Waals surface area contributed by atoms with Crippen molar-refractivity contribution in [2.24, 2.45) is 4.99 Å². The van der Waals surface area contributed by atoms with Crippen LogP contribution in [-0.2, 0) is 27.5 Å². The number of aryl methyl sites for hydroxylation is 1. The van der Waals surface area contributed by atoms with Crippen molar-refractivity contribution in [2.45, 2.75) is 40.0 Å². The molecule has 1 aliphatic carbocycles. The number of nitrogens with zero attached hydrogens (tertiary/aromatic N) is 1. The van der Waals surface area contributed by atoms with Gasteiger partial charge in [0.1, 0.15) is 0 Å². The Morgan fingerprint density at radius 3 is 2.44 bits per heavy atom. The zero-order valence-electron chi connectivity index (χ0n) is 11.8. The maximum absolute atomic E-state index is 4.41. The van der Waals surface area contributed by atoms with Crippen molar-refractivity contribution in [1.29, 1.82) is 0 Å². The maximum Gasteiger partial charge on any atom is 0.00755 e. The molecular weight excluding hydrogens is 390 g/mol. The van der Waals surface area contributed by atoms with E-state index in [1.165, 1.54) is 16.7 Å². The van der Waals surface area contributed by atoms with E-state index in [1.54, 1.807) is 0 Å². The van der Waals surface area contributed by atoms with Crippen LogP contribution in [0.4, 0.5) is 0 Å². The molecule has 0 heterocycles. The minimum Gasteiger partial charge on any atom is -0.382 e. The molecule has 0 atom stereocenters. The van der Waals surface area contributed by atoms with Crippen LogP contribution in [0.3, 0.4) is 0 Å². The van der Waals surface area contributed by atoms with Crippen LogP contribution in [-0.4, -0.2) is 12.8 Å². The third-order valence-electron chi connectivity index (χ3n) is 2.82. The number of rotatable bonds is 1. The van der Waals surface area contributed by atoms with E-state index in [4.69, 9.17) is 0 Å². The summed E-state index contributed by atoms with van der Waals surface area (Å²) in [6.07, 6.45) is 6.58. The number of aliphatic imine (C=N–C) groups is 1. The summed E-state index contributed by atoms with van der Waals surface area (Å²) in [5, 5.41) is 0. The molecule has 0 bridgehead atoms. The van der Waals surface area contributed by atoms with E-state index in [0.717, 1.165) is 25.0 Å². The molecule has 0 aliphatic heterocycles. The van der Waals surface area contributed by atoms with E-state index in [1.807, 2.05) is 20.9 Å². The normalized spacial score (nSPS) is 17.6. The average molecular weight is 412 g/mol. The summed E-state index contributed by atoms with van der Waals surface area (Å²) in [6.45, 7) is 6.13. The zero-order chi connectivity index (χ0) is 12.7. The minimum atomic E-state index is 0. The molecule has 1 aliphatic rings. The summed E-state index contributed by atoms with van der Waals surface area (Å²) in [6, 6.07) is 8.54. The van der Waals surface area contributed by atoms with Gasteiger partial charge in [-0.15, -0.1) is 6.42 Å². The van der Waals surface area contributed by atoms with Crippen LogP contribution >= 0.6 is 0 Å². The van der Waals surface area contributed by atoms with Gasteiger partial charge in [0, 0.05) is 28.1 Å². The minimum absolute atomic E-state index is 0. The van der Waals surface area contributed by atoms with Gasteiger partial charge in [-0.3, -0.25) is 6.08 Å². The number of hydrogen-bond acceptors (Lipinski definition) is 1. The molecule has 0 saturated carbocycles. The monoisotopic (exact) mass is 412 g/mol. The fourth-order valence-electron chi connectivity index (χ4n) is 2.15. The molecule has 0 unspecified atom stereocenters. The van der Waals surface area contributed by atoms with Crippen LogP contribution in [0, 0.1) is 6.08 Å². The Hall–Kier alpha value is -0.682. The van der Waals surface area contributed by atoms with E-state index in [2.05, 4.69) is 42.3 Å². The van der Waals surface area contributed by atoms with Crippen LogP contribution in [0.15, 0.2) is 34.8 Å². The fourth-order valence-corrected chi connectivity index (χ4v) is 2.15. The summed E-state index contributed by atoms with van der Waals surface area (Å²) in [7, 11) is 1.87. The van der Waals surface area contributed by atoms with Crippen molar-refractivity contribution in [3.05, 3.63) is 47.0 Å². The summed E-state index contributed by atoms with van der Waals surface area (Å²) in [5.74, 6) is 0. The molecule has 0 radical (unpaired) electrons. The molecule has 0 spiro atoms. The quantitative estimate of drug-likeness (QED) is 0.613. The van der Waals surface area contributed by atoms with Crippen molar-refractivity contribution >= 4 is 5.71 Å². The van der Waals surface area contributed by atoms with Crippen molar-refractivity contribution in [1.82, 2.24) is 0 Å². The van der Waals surface area contributed by atoms with E-state index < -0.39 is 0 Å². The molecule has 1 aromatic rings. The molecule has 2 heteroatoms. The fraction of sp³-hybridized carbons (Fsp3) is 0.438. The van der Waals surface area contributed by atoms with Gasteiger partial charge in [-0.05, 0) is 6.42 Å². The van der Waals surface area contributed by atoms with E-state index in [9.17, 15) is 0 Å².